The second-order valence-electron chi connectivity index (χ2n) is 3.48. The number of aliphatic hydroxyl groups is 1. The van der Waals surface area contributed by atoms with Crippen LogP contribution >= 0.6 is 0 Å². The molecule has 1 rings (SSSR count). The third-order valence-corrected chi connectivity index (χ3v) is 2.80. The topological polar surface area (TPSA) is 20.2 Å². The molecule has 0 spiro atoms. The number of aliphatic hydroxyl groups excluding tert-OH is 1. The van der Waals surface area contributed by atoms with Crippen molar-refractivity contribution in [2.24, 2.45) is 11.8 Å². The first-order chi connectivity index (χ1) is 6.86. The highest BCUT2D eigenvalue weighted by atomic mass is 16.3. The first kappa shape index (κ1) is 16.4. The molecular weight excluding hydrogens is 172 g/mol. The first-order valence-corrected chi connectivity index (χ1v) is 6.47. The van der Waals surface area contributed by atoms with Gasteiger partial charge in [0.05, 0.1) is 0 Å². The van der Waals surface area contributed by atoms with Crippen LogP contribution in [0.2, 0.25) is 0 Å². The second kappa shape index (κ2) is 13.0. The van der Waals surface area contributed by atoms with Gasteiger partial charge in [-0.2, -0.15) is 0 Å². The fourth-order valence-electron chi connectivity index (χ4n) is 1.82. The summed E-state index contributed by atoms with van der Waals surface area (Å²) in [6.07, 6.45) is 6.55. The van der Waals surface area contributed by atoms with Crippen molar-refractivity contribution < 1.29 is 5.11 Å². The van der Waals surface area contributed by atoms with Crippen LogP contribution in [0, 0.1) is 11.8 Å². The summed E-state index contributed by atoms with van der Waals surface area (Å²) in [5, 5.41) is 8.85. The van der Waals surface area contributed by atoms with Gasteiger partial charge in [0.1, 0.15) is 0 Å². The molecule has 1 saturated carbocycles. The van der Waals surface area contributed by atoms with Crippen LogP contribution < -0.4 is 0 Å². The van der Waals surface area contributed by atoms with Gasteiger partial charge in [-0.25, -0.2) is 0 Å². The Labute approximate surface area is 90.9 Å². The molecule has 0 atom stereocenters. The maximum Gasteiger partial charge on any atom is 0.0459 e. The van der Waals surface area contributed by atoms with Crippen molar-refractivity contribution in [2.45, 2.75) is 66.7 Å². The van der Waals surface area contributed by atoms with Crippen LogP contribution in [0.1, 0.15) is 66.7 Å². The van der Waals surface area contributed by atoms with Crippen molar-refractivity contribution in [2.75, 3.05) is 6.61 Å². The molecule has 0 aliphatic heterocycles. The summed E-state index contributed by atoms with van der Waals surface area (Å²) in [6, 6.07) is 0. The van der Waals surface area contributed by atoms with Crippen LogP contribution in [0.25, 0.3) is 0 Å². The van der Waals surface area contributed by atoms with Crippen LogP contribution in [0.5, 0.6) is 0 Å². The molecule has 0 aromatic carbocycles. The largest absolute Gasteiger partial charge is 0.396 e. The van der Waals surface area contributed by atoms with Gasteiger partial charge in [0.15, 0.2) is 0 Å². The molecule has 0 aromatic rings. The summed E-state index contributed by atoms with van der Waals surface area (Å²) in [6.45, 7) is 10.7. The Kier molecular flexibility index (Phi) is 15.2. The van der Waals surface area contributed by atoms with E-state index in [0.717, 1.165) is 5.92 Å². The van der Waals surface area contributed by atoms with Crippen LogP contribution in [0.4, 0.5) is 0 Å². The molecule has 0 radical (unpaired) electrons. The zero-order valence-electron chi connectivity index (χ0n) is 10.8. The second-order valence-corrected chi connectivity index (χ2v) is 3.48. The first-order valence-electron chi connectivity index (χ1n) is 6.47. The smallest absolute Gasteiger partial charge is 0.0459 e. The van der Waals surface area contributed by atoms with Crippen LogP contribution in [0.15, 0.2) is 0 Å². The van der Waals surface area contributed by atoms with E-state index < -0.39 is 0 Å². The molecule has 0 bridgehead atoms. The number of rotatable bonds is 2. The minimum atomic E-state index is 0.413. The van der Waals surface area contributed by atoms with E-state index in [4.69, 9.17) is 5.11 Å². The third-order valence-electron chi connectivity index (χ3n) is 2.80. The zero-order chi connectivity index (χ0) is 11.4. The van der Waals surface area contributed by atoms with E-state index in [1.807, 2.05) is 27.7 Å². The van der Waals surface area contributed by atoms with Gasteiger partial charge < -0.3 is 5.11 Å². The van der Waals surface area contributed by atoms with E-state index in [2.05, 4.69) is 6.92 Å². The highest BCUT2D eigenvalue weighted by Crippen LogP contribution is 2.29. The average Bonchev–Trinajstić information content (AvgIpc) is 2.34. The molecule has 88 valence electrons. The Morgan fingerprint density at radius 3 is 1.50 bits per heavy atom. The Bertz CT molecular complexity index is 71.2. The van der Waals surface area contributed by atoms with Crippen molar-refractivity contribution in [1.29, 1.82) is 0 Å². The molecule has 1 aliphatic carbocycles. The lowest BCUT2D eigenvalue weighted by molar-refractivity contribution is 0.166. The predicted molar refractivity (Wildman–Crippen MR) is 65.5 cm³/mol. The van der Waals surface area contributed by atoms with Crippen LogP contribution in [-0.4, -0.2) is 11.7 Å². The average molecular weight is 202 g/mol. The molecule has 0 aromatic heterocycles. The number of hydrogen-bond acceptors (Lipinski definition) is 1. The van der Waals surface area contributed by atoms with E-state index in [1.165, 1.54) is 32.1 Å². The van der Waals surface area contributed by atoms with Gasteiger partial charge in [-0.15, -0.1) is 0 Å². The van der Waals surface area contributed by atoms with Gasteiger partial charge in [-0.3, -0.25) is 0 Å². The highest BCUT2D eigenvalue weighted by Gasteiger charge is 2.18. The quantitative estimate of drug-likeness (QED) is 0.710. The van der Waals surface area contributed by atoms with Crippen LogP contribution in [0.3, 0.4) is 0 Å². The molecule has 0 amide bonds. The molecular formula is C13H30O. The Morgan fingerprint density at radius 2 is 1.21 bits per heavy atom. The SMILES string of the molecule is CC.CC.CCC1CCC(CO)CC1. The van der Waals surface area contributed by atoms with E-state index in [1.54, 1.807) is 0 Å². The molecule has 0 saturated heterocycles. The molecule has 1 N–H and O–H groups in total. The summed E-state index contributed by atoms with van der Waals surface area (Å²) in [5.74, 6) is 1.59. The van der Waals surface area contributed by atoms with Gasteiger partial charge in [0, 0.05) is 6.61 Å². The fourth-order valence-corrected chi connectivity index (χ4v) is 1.82. The van der Waals surface area contributed by atoms with Gasteiger partial charge >= 0.3 is 0 Å². The Hall–Kier alpha value is -0.0400. The maximum atomic E-state index is 8.85. The Morgan fingerprint density at radius 1 is 0.857 bits per heavy atom. The fraction of sp³-hybridized carbons (Fsp3) is 1.00. The lowest BCUT2D eigenvalue weighted by atomic mass is 9.81. The standard InChI is InChI=1S/C9H18O.2C2H6/c1-2-8-3-5-9(7-10)6-4-8;2*1-2/h8-10H,2-7H2,1H3;2*1-2H3. The van der Waals surface area contributed by atoms with Gasteiger partial charge in [0.25, 0.3) is 0 Å². The van der Waals surface area contributed by atoms with Gasteiger partial charge in [-0.05, 0) is 24.7 Å². The highest BCUT2D eigenvalue weighted by molar-refractivity contribution is 4.70. The molecule has 1 heteroatoms. The van der Waals surface area contributed by atoms with Crippen molar-refractivity contribution >= 4 is 0 Å². The summed E-state index contributed by atoms with van der Waals surface area (Å²) in [4.78, 5) is 0. The number of hydrogen-bond donors (Lipinski definition) is 1. The third kappa shape index (κ3) is 7.37. The van der Waals surface area contributed by atoms with Crippen LogP contribution in [-0.2, 0) is 0 Å². The summed E-state index contributed by atoms with van der Waals surface area (Å²) in [7, 11) is 0. The Balaban J connectivity index is 0. The molecule has 14 heavy (non-hydrogen) atoms. The molecule has 1 nitrogen and oxygen atoms in total. The predicted octanol–water partition coefficient (Wildman–Crippen LogP) is 4.25. The normalized spacial score (nSPS) is 25.3. The van der Waals surface area contributed by atoms with Crippen molar-refractivity contribution in [3.63, 3.8) is 0 Å². The van der Waals surface area contributed by atoms with E-state index in [-0.39, 0.29) is 0 Å². The van der Waals surface area contributed by atoms with Crippen molar-refractivity contribution in [3.8, 4) is 0 Å². The maximum absolute atomic E-state index is 8.85. The van der Waals surface area contributed by atoms with Crippen molar-refractivity contribution in [1.82, 2.24) is 0 Å². The molecule has 1 fully saturated rings. The monoisotopic (exact) mass is 202 g/mol. The molecule has 0 heterocycles. The van der Waals surface area contributed by atoms with E-state index >= 15 is 0 Å². The van der Waals surface area contributed by atoms with Crippen molar-refractivity contribution in [3.05, 3.63) is 0 Å². The summed E-state index contributed by atoms with van der Waals surface area (Å²) < 4.78 is 0. The summed E-state index contributed by atoms with van der Waals surface area (Å²) in [5.41, 5.74) is 0. The zero-order valence-corrected chi connectivity index (χ0v) is 10.8. The van der Waals surface area contributed by atoms with Gasteiger partial charge in [-0.1, -0.05) is 53.9 Å². The molecule has 1 aliphatic rings. The van der Waals surface area contributed by atoms with E-state index in [9.17, 15) is 0 Å². The lowest BCUT2D eigenvalue weighted by Gasteiger charge is -2.26. The molecule has 0 unspecified atom stereocenters. The minimum Gasteiger partial charge on any atom is -0.396 e. The minimum absolute atomic E-state index is 0.413. The summed E-state index contributed by atoms with van der Waals surface area (Å²) >= 11 is 0. The van der Waals surface area contributed by atoms with E-state index in [0.29, 0.717) is 12.5 Å². The lowest BCUT2D eigenvalue weighted by Crippen LogP contribution is -2.16. The van der Waals surface area contributed by atoms with Gasteiger partial charge in [0.2, 0.25) is 0 Å².